The van der Waals surface area contributed by atoms with Gasteiger partial charge in [0.15, 0.2) is 0 Å². The van der Waals surface area contributed by atoms with Gasteiger partial charge in [0, 0.05) is 12.6 Å². The highest BCUT2D eigenvalue weighted by atomic mass is 19.1. The van der Waals surface area contributed by atoms with Crippen LogP contribution in [0.3, 0.4) is 0 Å². The van der Waals surface area contributed by atoms with Crippen LogP contribution in [0.25, 0.3) is 0 Å². The van der Waals surface area contributed by atoms with Gasteiger partial charge in [-0.1, -0.05) is 13.8 Å². The number of hydrogen-bond acceptors (Lipinski definition) is 2. The predicted octanol–water partition coefficient (Wildman–Crippen LogP) is 3.79. The molecule has 1 aliphatic rings. The van der Waals surface area contributed by atoms with E-state index >= 15 is 0 Å². The van der Waals surface area contributed by atoms with Crippen molar-refractivity contribution < 1.29 is 9.50 Å². The van der Waals surface area contributed by atoms with E-state index in [0.29, 0.717) is 0 Å². The number of aromatic hydroxyl groups is 1. The summed E-state index contributed by atoms with van der Waals surface area (Å²) in [4.78, 5) is 2.37. The molecule has 3 heteroatoms. The van der Waals surface area contributed by atoms with Crippen LogP contribution in [0.1, 0.15) is 38.7 Å². The molecule has 2 rings (SSSR count). The van der Waals surface area contributed by atoms with E-state index in [1.807, 2.05) is 0 Å². The molecule has 1 aromatic rings. The third-order valence-electron chi connectivity index (χ3n) is 4.16. The van der Waals surface area contributed by atoms with Gasteiger partial charge in [-0.25, -0.2) is 4.39 Å². The van der Waals surface area contributed by atoms with Crippen molar-refractivity contribution in [1.82, 2.24) is 4.90 Å². The van der Waals surface area contributed by atoms with E-state index in [2.05, 4.69) is 18.7 Å². The molecule has 0 aliphatic carbocycles. The van der Waals surface area contributed by atoms with Crippen LogP contribution >= 0.6 is 0 Å². The molecule has 1 saturated heterocycles. The third-order valence-corrected chi connectivity index (χ3v) is 4.16. The van der Waals surface area contributed by atoms with Gasteiger partial charge in [-0.05, 0) is 61.9 Å². The molecule has 1 unspecified atom stereocenters. The zero-order valence-corrected chi connectivity index (χ0v) is 11.9. The first kappa shape index (κ1) is 14.3. The Morgan fingerprint density at radius 1 is 1.26 bits per heavy atom. The first-order valence-corrected chi connectivity index (χ1v) is 7.25. The quantitative estimate of drug-likeness (QED) is 0.898. The van der Waals surface area contributed by atoms with E-state index in [0.717, 1.165) is 43.1 Å². The number of likely N-dealkylation sites (tertiary alicyclic amines) is 1. The topological polar surface area (TPSA) is 23.5 Å². The Morgan fingerprint density at radius 3 is 2.74 bits per heavy atom. The van der Waals surface area contributed by atoms with Gasteiger partial charge in [0.25, 0.3) is 0 Å². The molecular weight excluding hydrogens is 241 g/mol. The van der Waals surface area contributed by atoms with Crippen LogP contribution in [-0.4, -0.2) is 23.1 Å². The Bertz CT molecular complexity index is 399. The maximum atomic E-state index is 13.3. The summed E-state index contributed by atoms with van der Waals surface area (Å²) in [5.74, 6) is 1.22. The van der Waals surface area contributed by atoms with Crippen LogP contribution in [0.2, 0.25) is 0 Å². The fraction of sp³-hybridized carbons (Fsp3) is 0.625. The molecule has 1 fully saturated rings. The average molecular weight is 265 g/mol. The van der Waals surface area contributed by atoms with Crippen molar-refractivity contribution >= 4 is 0 Å². The molecule has 2 nitrogen and oxygen atoms in total. The number of benzene rings is 1. The zero-order valence-electron chi connectivity index (χ0n) is 11.9. The largest absolute Gasteiger partial charge is 0.508 e. The van der Waals surface area contributed by atoms with E-state index in [1.165, 1.54) is 25.3 Å². The van der Waals surface area contributed by atoms with Crippen LogP contribution in [0.5, 0.6) is 5.75 Å². The van der Waals surface area contributed by atoms with Crippen molar-refractivity contribution in [3.8, 4) is 5.75 Å². The lowest BCUT2D eigenvalue weighted by Gasteiger charge is -2.21. The van der Waals surface area contributed by atoms with E-state index in [-0.39, 0.29) is 11.6 Å². The number of phenolic OH excluding ortho intramolecular Hbond substituents is 1. The maximum absolute atomic E-state index is 13.3. The predicted molar refractivity (Wildman–Crippen MR) is 75.5 cm³/mol. The summed E-state index contributed by atoms with van der Waals surface area (Å²) in [6.45, 7) is 7.46. The van der Waals surface area contributed by atoms with Crippen molar-refractivity contribution in [2.45, 2.75) is 39.7 Å². The Kier molecular flexibility index (Phi) is 4.81. The number of hydrogen-bond donors (Lipinski definition) is 1. The maximum Gasteiger partial charge on any atom is 0.127 e. The Labute approximate surface area is 115 Å². The number of nitrogens with zero attached hydrogens (tertiary/aromatic N) is 1. The molecule has 0 amide bonds. The summed E-state index contributed by atoms with van der Waals surface area (Å²) in [7, 11) is 0. The smallest absolute Gasteiger partial charge is 0.127 e. The molecule has 0 radical (unpaired) electrons. The van der Waals surface area contributed by atoms with Crippen LogP contribution in [0.4, 0.5) is 4.39 Å². The molecule has 0 aromatic heterocycles. The van der Waals surface area contributed by atoms with Gasteiger partial charge < -0.3 is 5.11 Å². The van der Waals surface area contributed by atoms with Crippen molar-refractivity contribution in [3.63, 3.8) is 0 Å². The van der Waals surface area contributed by atoms with Crippen molar-refractivity contribution in [3.05, 3.63) is 29.6 Å². The Balaban J connectivity index is 1.95. The highest BCUT2D eigenvalue weighted by Crippen LogP contribution is 2.25. The zero-order chi connectivity index (χ0) is 13.8. The Morgan fingerprint density at radius 2 is 2.05 bits per heavy atom. The van der Waals surface area contributed by atoms with Gasteiger partial charge in [0.05, 0.1) is 0 Å². The van der Waals surface area contributed by atoms with E-state index < -0.39 is 0 Å². The normalized spacial score (nSPS) is 21.6. The average Bonchev–Trinajstić information content (AvgIpc) is 2.53. The first-order chi connectivity index (χ1) is 9.04. The van der Waals surface area contributed by atoms with Crippen molar-refractivity contribution in [1.29, 1.82) is 0 Å². The lowest BCUT2D eigenvalue weighted by molar-refractivity contribution is 0.264. The standard InChI is InChI=1S/C16H24FNO/c1-12(2)14-4-3-6-18(7-5-14)11-13-8-15(17)10-16(19)9-13/h8-10,12,14,19H,3-7,11H2,1-2H3. The Hall–Kier alpha value is -1.09. The van der Waals surface area contributed by atoms with Crippen molar-refractivity contribution in [2.75, 3.05) is 13.1 Å². The molecule has 1 heterocycles. The van der Waals surface area contributed by atoms with Gasteiger partial charge in [0.1, 0.15) is 11.6 Å². The monoisotopic (exact) mass is 265 g/mol. The van der Waals surface area contributed by atoms with Crippen LogP contribution in [0, 0.1) is 17.7 Å². The lowest BCUT2D eigenvalue weighted by Crippen LogP contribution is -2.24. The first-order valence-electron chi connectivity index (χ1n) is 7.25. The highest BCUT2D eigenvalue weighted by molar-refractivity contribution is 5.28. The summed E-state index contributed by atoms with van der Waals surface area (Å²) >= 11 is 0. The molecule has 1 atom stereocenters. The number of phenols is 1. The second kappa shape index (κ2) is 6.38. The lowest BCUT2D eigenvalue weighted by atomic mass is 9.89. The van der Waals surface area contributed by atoms with Gasteiger partial charge >= 0.3 is 0 Å². The van der Waals surface area contributed by atoms with E-state index in [4.69, 9.17) is 0 Å². The van der Waals surface area contributed by atoms with Crippen LogP contribution in [-0.2, 0) is 6.54 Å². The minimum absolute atomic E-state index is 0.0184. The SMILES string of the molecule is CC(C)C1CCCN(Cc2cc(O)cc(F)c2)CC1. The van der Waals surface area contributed by atoms with Crippen molar-refractivity contribution in [2.24, 2.45) is 11.8 Å². The molecule has 106 valence electrons. The summed E-state index contributed by atoms with van der Waals surface area (Å²) in [6.07, 6.45) is 3.73. The van der Waals surface area contributed by atoms with Crippen LogP contribution in [0.15, 0.2) is 18.2 Å². The molecule has 1 N–H and O–H groups in total. The fourth-order valence-electron chi connectivity index (χ4n) is 2.99. The van der Waals surface area contributed by atoms with E-state index in [1.54, 1.807) is 6.07 Å². The van der Waals surface area contributed by atoms with E-state index in [9.17, 15) is 9.50 Å². The molecular formula is C16H24FNO. The minimum Gasteiger partial charge on any atom is -0.508 e. The molecule has 1 aliphatic heterocycles. The molecule has 0 spiro atoms. The molecule has 19 heavy (non-hydrogen) atoms. The second-order valence-electron chi connectivity index (χ2n) is 6.03. The minimum atomic E-state index is -0.357. The highest BCUT2D eigenvalue weighted by Gasteiger charge is 2.19. The summed E-state index contributed by atoms with van der Waals surface area (Å²) < 4.78 is 13.3. The second-order valence-corrected chi connectivity index (χ2v) is 6.03. The fourth-order valence-corrected chi connectivity index (χ4v) is 2.99. The molecule has 1 aromatic carbocycles. The third kappa shape index (κ3) is 4.20. The van der Waals surface area contributed by atoms with Crippen LogP contribution < -0.4 is 0 Å². The number of halogens is 1. The molecule has 0 saturated carbocycles. The van der Waals surface area contributed by atoms with Gasteiger partial charge in [-0.3, -0.25) is 4.90 Å². The summed E-state index contributed by atoms with van der Waals surface area (Å²) in [5, 5.41) is 9.44. The molecule has 0 bridgehead atoms. The number of rotatable bonds is 3. The summed E-state index contributed by atoms with van der Waals surface area (Å²) in [5.41, 5.74) is 0.862. The van der Waals surface area contributed by atoms with Gasteiger partial charge in [-0.2, -0.15) is 0 Å². The summed E-state index contributed by atoms with van der Waals surface area (Å²) in [6, 6.07) is 4.33. The van der Waals surface area contributed by atoms with Gasteiger partial charge in [-0.15, -0.1) is 0 Å². The van der Waals surface area contributed by atoms with Gasteiger partial charge in [0.2, 0.25) is 0 Å².